The number of aliphatic hydroxyl groups is 1. The minimum absolute atomic E-state index is 0.373. The fourth-order valence-corrected chi connectivity index (χ4v) is 3.78. The third-order valence-electron chi connectivity index (χ3n) is 3.52. The molecule has 3 atom stereocenters. The van der Waals surface area contributed by atoms with Gasteiger partial charge in [-0.25, -0.2) is 0 Å². The van der Waals surface area contributed by atoms with E-state index in [-0.39, 0.29) is 0 Å². The zero-order valence-corrected chi connectivity index (χ0v) is 9.56. The molecule has 2 fully saturated rings. The molecule has 0 aromatic carbocycles. The monoisotopic (exact) mass is 215 g/mol. The summed E-state index contributed by atoms with van der Waals surface area (Å²) in [5, 5.41) is 13.0. The molecule has 0 aromatic rings. The molecule has 0 spiro atoms. The van der Waals surface area contributed by atoms with Gasteiger partial charge in [0.05, 0.1) is 0 Å². The Morgan fingerprint density at radius 2 is 2.07 bits per heavy atom. The van der Waals surface area contributed by atoms with Gasteiger partial charge in [-0.15, -0.1) is 0 Å². The van der Waals surface area contributed by atoms with Crippen LogP contribution in [-0.4, -0.2) is 35.3 Å². The van der Waals surface area contributed by atoms with Crippen molar-refractivity contribution >= 4 is 11.8 Å². The lowest BCUT2D eigenvalue weighted by atomic mass is 9.84. The quantitative estimate of drug-likeness (QED) is 0.750. The van der Waals surface area contributed by atoms with E-state index in [0.717, 1.165) is 6.04 Å². The molecule has 1 aliphatic carbocycles. The van der Waals surface area contributed by atoms with Crippen molar-refractivity contribution < 1.29 is 5.11 Å². The van der Waals surface area contributed by atoms with Crippen molar-refractivity contribution in [1.29, 1.82) is 0 Å². The molecule has 3 heteroatoms. The Bertz CT molecular complexity index is 171. The second-order valence-corrected chi connectivity index (χ2v) is 5.71. The van der Waals surface area contributed by atoms with Crippen LogP contribution in [0.4, 0.5) is 0 Å². The average Bonchev–Trinajstić information content (AvgIpc) is 2.71. The van der Waals surface area contributed by atoms with E-state index in [4.69, 9.17) is 0 Å². The Hall–Kier alpha value is 0.270. The third-order valence-corrected chi connectivity index (χ3v) is 4.69. The molecule has 82 valence electrons. The van der Waals surface area contributed by atoms with Gasteiger partial charge in [0.1, 0.15) is 0 Å². The van der Waals surface area contributed by atoms with E-state index >= 15 is 0 Å². The van der Waals surface area contributed by atoms with Crippen LogP contribution in [0.5, 0.6) is 0 Å². The SMILES string of the molecule is OCC1CCCCC1NC1CCSC1. The van der Waals surface area contributed by atoms with Crippen molar-refractivity contribution in [2.24, 2.45) is 5.92 Å². The number of hydrogen-bond donors (Lipinski definition) is 2. The zero-order valence-electron chi connectivity index (χ0n) is 8.74. The highest BCUT2D eigenvalue weighted by Gasteiger charge is 2.27. The van der Waals surface area contributed by atoms with Crippen LogP contribution < -0.4 is 5.32 Å². The topological polar surface area (TPSA) is 32.3 Å². The average molecular weight is 215 g/mol. The molecular weight excluding hydrogens is 194 g/mol. The molecular formula is C11H21NOS. The van der Waals surface area contributed by atoms with Crippen LogP contribution in [0.25, 0.3) is 0 Å². The summed E-state index contributed by atoms with van der Waals surface area (Å²) in [5.41, 5.74) is 0. The van der Waals surface area contributed by atoms with Gasteiger partial charge in [0, 0.05) is 24.4 Å². The lowest BCUT2D eigenvalue weighted by Gasteiger charge is -2.33. The van der Waals surface area contributed by atoms with Gasteiger partial charge in [-0.2, -0.15) is 11.8 Å². The van der Waals surface area contributed by atoms with Gasteiger partial charge in [-0.3, -0.25) is 0 Å². The van der Waals surface area contributed by atoms with Crippen LogP contribution in [-0.2, 0) is 0 Å². The molecule has 0 bridgehead atoms. The zero-order chi connectivity index (χ0) is 9.80. The normalized spacial score (nSPS) is 38.8. The highest BCUT2D eigenvalue weighted by Crippen LogP contribution is 2.26. The van der Waals surface area contributed by atoms with Crippen LogP contribution in [0.3, 0.4) is 0 Å². The molecule has 2 nitrogen and oxygen atoms in total. The number of nitrogens with one attached hydrogen (secondary N) is 1. The minimum Gasteiger partial charge on any atom is -0.396 e. The maximum atomic E-state index is 9.29. The molecule has 1 heterocycles. The van der Waals surface area contributed by atoms with Crippen molar-refractivity contribution in [3.63, 3.8) is 0 Å². The molecule has 0 radical (unpaired) electrons. The molecule has 2 N–H and O–H groups in total. The van der Waals surface area contributed by atoms with E-state index in [1.54, 1.807) is 0 Å². The smallest absolute Gasteiger partial charge is 0.0474 e. The Balaban J connectivity index is 1.81. The van der Waals surface area contributed by atoms with E-state index < -0.39 is 0 Å². The third kappa shape index (κ3) is 2.65. The molecule has 3 unspecified atom stereocenters. The van der Waals surface area contributed by atoms with Gasteiger partial charge in [0.25, 0.3) is 0 Å². The Morgan fingerprint density at radius 1 is 1.21 bits per heavy atom. The molecule has 1 aliphatic heterocycles. The summed E-state index contributed by atoms with van der Waals surface area (Å²) in [5.74, 6) is 3.11. The van der Waals surface area contributed by atoms with Crippen LogP contribution >= 0.6 is 11.8 Å². The summed E-state index contributed by atoms with van der Waals surface area (Å²) in [6.45, 7) is 0.373. The second-order valence-electron chi connectivity index (χ2n) is 4.56. The van der Waals surface area contributed by atoms with Crippen LogP contribution in [0.1, 0.15) is 32.1 Å². The van der Waals surface area contributed by atoms with Crippen LogP contribution in [0.2, 0.25) is 0 Å². The summed E-state index contributed by atoms with van der Waals surface area (Å²) >= 11 is 2.05. The first-order valence-electron chi connectivity index (χ1n) is 5.85. The molecule has 1 saturated carbocycles. The first kappa shape index (κ1) is 10.8. The number of hydrogen-bond acceptors (Lipinski definition) is 3. The summed E-state index contributed by atoms with van der Waals surface area (Å²) in [4.78, 5) is 0. The van der Waals surface area contributed by atoms with Gasteiger partial charge in [0.2, 0.25) is 0 Å². The molecule has 1 saturated heterocycles. The van der Waals surface area contributed by atoms with Crippen LogP contribution in [0, 0.1) is 5.92 Å². The Labute approximate surface area is 90.8 Å². The lowest BCUT2D eigenvalue weighted by Crippen LogP contribution is -2.45. The molecule has 2 aliphatic rings. The van der Waals surface area contributed by atoms with Gasteiger partial charge in [-0.05, 0) is 30.9 Å². The predicted molar refractivity (Wildman–Crippen MR) is 61.7 cm³/mol. The van der Waals surface area contributed by atoms with E-state index in [2.05, 4.69) is 17.1 Å². The highest BCUT2D eigenvalue weighted by atomic mass is 32.2. The van der Waals surface area contributed by atoms with Crippen molar-refractivity contribution in [2.45, 2.75) is 44.2 Å². The highest BCUT2D eigenvalue weighted by molar-refractivity contribution is 7.99. The van der Waals surface area contributed by atoms with Gasteiger partial charge in [0.15, 0.2) is 0 Å². The molecule has 0 amide bonds. The maximum Gasteiger partial charge on any atom is 0.0474 e. The molecule has 0 aromatic heterocycles. The predicted octanol–water partition coefficient (Wildman–Crippen LogP) is 1.63. The largest absolute Gasteiger partial charge is 0.396 e. The summed E-state index contributed by atoms with van der Waals surface area (Å²) in [6.07, 6.45) is 6.45. The van der Waals surface area contributed by atoms with Gasteiger partial charge < -0.3 is 10.4 Å². The maximum absolute atomic E-state index is 9.29. The fraction of sp³-hybridized carbons (Fsp3) is 1.00. The summed E-state index contributed by atoms with van der Waals surface area (Å²) in [6, 6.07) is 1.31. The number of rotatable bonds is 3. The van der Waals surface area contributed by atoms with Crippen molar-refractivity contribution in [3.8, 4) is 0 Å². The summed E-state index contributed by atoms with van der Waals surface area (Å²) < 4.78 is 0. The van der Waals surface area contributed by atoms with Gasteiger partial charge in [-0.1, -0.05) is 12.8 Å². The number of thioether (sulfide) groups is 1. The van der Waals surface area contributed by atoms with Crippen molar-refractivity contribution in [3.05, 3.63) is 0 Å². The van der Waals surface area contributed by atoms with E-state index in [1.807, 2.05) is 0 Å². The first-order valence-corrected chi connectivity index (χ1v) is 7.00. The molecule has 2 rings (SSSR count). The van der Waals surface area contributed by atoms with Crippen molar-refractivity contribution in [2.75, 3.05) is 18.1 Å². The first-order chi connectivity index (χ1) is 6.90. The number of aliphatic hydroxyl groups excluding tert-OH is 1. The van der Waals surface area contributed by atoms with Crippen molar-refractivity contribution in [1.82, 2.24) is 5.32 Å². The Morgan fingerprint density at radius 3 is 2.79 bits per heavy atom. The van der Waals surface area contributed by atoms with E-state index in [9.17, 15) is 5.11 Å². The second kappa shape index (κ2) is 5.38. The molecule has 14 heavy (non-hydrogen) atoms. The summed E-state index contributed by atoms with van der Waals surface area (Å²) in [7, 11) is 0. The van der Waals surface area contributed by atoms with Gasteiger partial charge >= 0.3 is 0 Å². The lowest BCUT2D eigenvalue weighted by molar-refractivity contribution is 0.147. The van der Waals surface area contributed by atoms with Crippen LogP contribution in [0.15, 0.2) is 0 Å². The fourth-order valence-electron chi connectivity index (χ4n) is 2.61. The Kier molecular flexibility index (Phi) is 4.14. The standard InChI is InChI=1S/C11H21NOS/c13-7-9-3-1-2-4-11(9)12-10-5-6-14-8-10/h9-13H,1-8H2. The van der Waals surface area contributed by atoms with E-state index in [0.29, 0.717) is 18.6 Å². The minimum atomic E-state index is 0.373. The van der Waals surface area contributed by atoms with E-state index in [1.165, 1.54) is 43.6 Å².